The van der Waals surface area contributed by atoms with Crippen molar-refractivity contribution in [2.75, 3.05) is 13.2 Å². The predicted molar refractivity (Wildman–Crippen MR) is 65.5 cm³/mol. The first-order chi connectivity index (χ1) is 7.63. The van der Waals surface area contributed by atoms with Crippen LogP contribution in [0, 0.1) is 5.92 Å². The third-order valence-electron chi connectivity index (χ3n) is 2.24. The van der Waals surface area contributed by atoms with Crippen molar-refractivity contribution in [3.05, 3.63) is 34.3 Å². The van der Waals surface area contributed by atoms with E-state index in [1.165, 1.54) is 0 Å². The van der Waals surface area contributed by atoms with Gasteiger partial charge in [-0.1, -0.05) is 28.1 Å². The molecule has 1 atom stereocenters. The van der Waals surface area contributed by atoms with E-state index in [0.717, 1.165) is 10.0 Å². The molecule has 0 aromatic heterocycles. The maximum absolute atomic E-state index is 11.0. The molecule has 0 spiro atoms. The van der Waals surface area contributed by atoms with Gasteiger partial charge in [0.1, 0.15) is 0 Å². The zero-order valence-corrected chi connectivity index (χ0v) is 10.7. The van der Waals surface area contributed by atoms with Gasteiger partial charge in [0.05, 0.1) is 12.5 Å². The molecule has 0 aliphatic rings. The highest BCUT2D eigenvalue weighted by Gasteiger charge is 2.18. The fraction of sp³-hybridized carbons (Fsp3) is 0.417. The van der Waals surface area contributed by atoms with E-state index in [-0.39, 0.29) is 6.61 Å². The van der Waals surface area contributed by atoms with Crippen LogP contribution in [0.25, 0.3) is 0 Å². The molecule has 0 radical (unpaired) electrons. The summed E-state index contributed by atoms with van der Waals surface area (Å²) in [6, 6.07) is 7.68. The predicted octanol–water partition coefficient (Wildman–Crippen LogP) is 2.73. The van der Waals surface area contributed by atoms with E-state index in [1.807, 2.05) is 31.2 Å². The topological polar surface area (TPSA) is 46.5 Å². The summed E-state index contributed by atoms with van der Waals surface area (Å²) in [6.45, 7) is 2.67. The number of carboxylic acid groups (broad SMARTS) is 1. The van der Waals surface area contributed by atoms with E-state index in [4.69, 9.17) is 9.84 Å². The van der Waals surface area contributed by atoms with Crippen molar-refractivity contribution in [2.24, 2.45) is 5.92 Å². The second-order valence-electron chi connectivity index (χ2n) is 3.53. The van der Waals surface area contributed by atoms with Gasteiger partial charge in [-0.15, -0.1) is 0 Å². The van der Waals surface area contributed by atoms with Crippen LogP contribution in [0.3, 0.4) is 0 Å². The van der Waals surface area contributed by atoms with Crippen molar-refractivity contribution in [1.29, 1.82) is 0 Å². The first kappa shape index (κ1) is 13.2. The van der Waals surface area contributed by atoms with Crippen LogP contribution in [0.15, 0.2) is 28.7 Å². The van der Waals surface area contributed by atoms with Crippen molar-refractivity contribution < 1.29 is 14.6 Å². The molecule has 0 aliphatic carbocycles. The number of rotatable bonds is 6. The zero-order valence-electron chi connectivity index (χ0n) is 9.15. The Labute approximate surface area is 104 Å². The molecule has 0 bridgehead atoms. The lowest BCUT2D eigenvalue weighted by Gasteiger charge is -2.12. The van der Waals surface area contributed by atoms with E-state index in [0.29, 0.717) is 13.0 Å². The van der Waals surface area contributed by atoms with Crippen LogP contribution >= 0.6 is 15.9 Å². The maximum Gasteiger partial charge on any atom is 0.309 e. The quantitative estimate of drug-likeness (QED) is 0.875. The summed E-state index contributed by atoms with van der Waals surface area (Å²) in [7, 11) is 0. The van der Waals surface area contributed by atoms with Gasteiger partial charge in [0.15, 0.2) is 0 Å². The van der Waals surface area contributed by atoms with E-state index < -0.39 is 11.9 Å². The van der Waals surface area contributed by atoms with Crippen molar-refractivity contribution in [1.82, 2.24) is 0 Å². The first-order valence-corrected chi connectivity index (χ1v) is 5.97. The molecule has 4 heteroatoms. The smallest absolute Gasteiger partial charge is 0.309 e. The van der Waals surface area contributed by atoms with Gasteiger partial charge in [-0.3, -0.25) is 4.79 Å². The largest absolute Gasteiger partial charge is 0.481 e. The third-order valence-corrected chi connectivity index (χ3v) is 2.74. The molecule has 0 heterocycles. The first-order valence-electron chi connectivity index (χ1n) is 5.18. The minimum Gasteiger partial charge on any atom is -0.481 e. The Balaban J connectivity index is 2.64. The zero-order chi connectivity index (χ0) is 12.0. The van der Waals surface area contributed by atoms with E-state index in [9.17, 15) is 4.79 Å². The second kappa shape index (κ2) is 6.66. The molecule has 88 valence electrons. The molecule has 1 aromatic carbocycles. The van der Waals surface area contributed by atoms with Gasteiger partial charge in [0.25, 0.3) is 0 Å². The van der Waals surface area contributed by atoms with E-state index in [2.05, 4.69) is 15.9 Å². The Morgan fingerprint density at radius 3 is 2.88 bits per heavy atom. The molecule has 1 rings (SSSR count). The molecule has 0 saturated carbocycles. The second-order valence-corrected chi connectivity index (χ2v) is 4.44. The summed E-state index contributed by atoms with van der Waals surface area (Å²) in [5.41, 5.74) is 1.00. The molecule has 1 aromatic rings. The minimum absolute atomic E-state index is 0.262. The van der Waals surface area contributed by atoms with E-state index in [1.54, 1.807) is 0 Å². The van der Waals surface area contributed by atoms with Crippen LogP contribution in [0.5, 0.6) is 0 Å². The lowest BCUT2D eigenvalue weighted by atomic mass is 10.0. The van der Waals surface area contributed by atoms with Crippen molar-refractivity contribution in [3.8, 4) is 0 Å². The van der Waals surface area contributed by atoms with Gasteiger partial charge in [0.2, 0.25) is 0 Å². The van der Waals surface area contributed by atoms with Crippen molar-refractivity contribution in [2.45, 2.75) is 13.3 Å². The van der Waals surface area contributed by atoms with Crippen LogP contribution in [-0.2, 0) is 16.0 Å². The van der Waals surface area contributed by atoms with Gasteiger partial charge in [0, 0.05) is 11.1 Å². The SMILES string of the molecule is CCOCC(Cc1cccc(Br)c1)C(=O)O. The average Bonchev–Trinajstić information content (AvgIpc) is 2.24. The number of carbonyl (C=O) groups is 1. The molecular weight excluding hydrogens is 272 g/mol. The van der Waals surface area contributed by atoms with Crippen LogP contribution in [0.4, 0.5) is 0 Å². The Kier molecular flexibility index (Phi) is 5.49. The standard InChI is InChI=1S/C12H15BrO3/c1-2-16-8-10(12(14)15)6-9-4-3-5-11(13)7-9/h3-5,7,10H,2,6,8H2,1H3,(H,14,15). The summed E-state index contributed by atoms with van der Waals surface area (Å²) in [5, 5.41) is 9.04. The Morgan fingerprint density at radius 2 is 2.31 bits per heavy atom. The number of halogens is 1. The highest BCUT2D eigenvalue weighted by Crippen LogP contribution is 2.15. The maximum atomic E-state index is 11.0. The summed E-state index contributed by atoms with van der Waals surface area (Å²) in [5.74, 6) is -1.29. The monoisotopic (exact) mass is 286 g/mol. The normalized spacial score (nSPS) is 12.4. The Hall–Kier alpha value is -0.870. The average molecular weight is 287 g/mol. The summed E-state index contributed by atoms with van der Waals surface area (Å²) >= 11 is 3.36. The summed E-state index contributed by atoms with van der Waals surface area (Å²) < 4.78 is 6.13. The third kappa shape index (κ3) is 4.33. The van der Waals surface area contributed by atoms with Crippen molar-refractivity contribution in [3.63, 3.8) is 0 Å². The number of carboxylic acids is 1. The fourth-order valence-corrected chi connectivity index (χ4v) is 1.87. The highest BCUT2D eigenvalue weighted by molar-refractivity contribution is 9.10. The molecule has 16 heavy (non-hydrogen) atoms. The van der Waals surface area contributed by atoms with Gasteiger partial charge in [-0.25, -0.2) is 0 Å². The Bertz CT molecular complexity index is 352. The number of benzene rings is 1. The molecule has 0 aliphatic heterocycles. The summed E-state index contributed by atoms with van der Waals surface area (Å²) in [6.07, 6.45) is 0.495. The summed E-state index contributed by atoms with van der Waals surface area (Å²) in [4.78, 5) is 11.0. The lowest BCUT2D eigenvalue weighted by molar-refractivity contribution is -0.143. The fourth-order valence-electron chi connectivity index (χ4n) is 1.43. The van der Waals surface area contributed by atoms with Gasteiger partial charge in [-0.05, 0) is 31.0 Å². The van der Waals surface area contributed by atoms with Crippen LogP contribution in [-0.4, -0.2) is 24.3 Å². The molecule has 1 N–H and O–H groups in total. The molecule has 0 amide bonds. The molecule has 0 saturated heterocycles. The van der Waals surface area contributed by atoms with Crippen LogP contribution in [0.1, 0.15) is 12.5 Å². The van der Waals surface area contributed by atoms with Crippen LogP contribution < -0.4 is 0 Å². The lowest BCUT2D eigenvalue weighted by Crippen LogP contribution is -2.22. The van der Waals surface area contributed by atoms with Crippen LogP contribution in [0.2, 0.25) is 0 Å². The minimum atomic E-state index is -0.812. The molecule has 1 unspecified atom stereocenters. The number of aliphatic carboxylic acids is 1. The van der Waals surface area contributed by atoms with Gasteiger partial charge in [-0.2, -0.15) is 0 Å². The van der Waals surface area contributed by atoms with E-state index >= 15 is 0 Å². The number of ether oxygens (including phenoxy) is 1. The number of hydrogen-bond donors (Lipinski definition) is 1. The van der Waals surface area contributed by atoms with Gasteiger partial charge < -0.3 is 9.84 Å². The molecular formula is C12H15BrO3. The Morgan fingerprint density at radius 1 is 1.56 bits per heavy atom. The molecule has 3 nitrogen and oxygen atoms in total. The number of hydrogen-bond acceptors (Lipinski definition) is 2. The molecule has 0 fully saturated rings. The van der Waals surface area contributed by atoms with Crippen molar-refractivity contribution >= 4 is 21.9 Å². The van der Waals surface area contributed by atoms with Gasteiger partial charge >= 0.3 is 5.97 Å². The highest BCUT2D eigenvalue weighted by atomic mass is 79.9.